The van der Waals surface area contributed by atoms with Crippen molar-refractivity contribution < 1.29 is 0 Å². The largest absolute Gasteiger partial charge is 0.386 e. The van der Waals surface area contributed by atoms with Crippen molar-refractivity contribution in [2.24, 2.45) is 0 Å². The van der Waals surface area contributed by atoms with Gasteiger partial charge in [-0.1, -0.05) is 58.0 Å². The second-order valence-corrected chi connectivity index (χ2v) is 6.79. The number of hydrogen-bond acceptors (Lipinski definition) is 5. The molecule has 1 aliphatic rings. The highest BCUT2D eigenvalue weighted by Gasteiger charge is 2.41. The smallest absolute Gasteiger partial charge is 0.333 e. The van der Waals surface area contributed by atoms with Crippen molar-refractivity contribution in [2.75, 3.05) is 22.8 Å². The highest BCUT2D eigenvalue weighted by molar-refractivity contribution is 6.77. The van der Waals surface area contributed by atoms with Crippen LogP contribution in [0, 0.1) is 0 Å². The van der Waals surface area contributed by atoms with Gasteiger partial charge in [-0.15, -0.1) is 0 Å². The quantitative estimate of drug-likeness (QED) is 0.621. The van der Waals surface area contributed by atoms with Crippen LogP contribution >= 0.6 is 0 Å². The number of rotatable bonds is 7. The van der Waals surface area contributed by atoms with Gasteiger partial charge < -0.3 is 14.3 Å². The molecule has 0 atom stereocenters. The Morgan fingerprint density at radius 2 is 1.80 bits per heavy atom. The first-order valence-electron chi connectivity index (χ1n) is 9.41. The fraction of sp³-hybridized carbons (Fsp3) is 0.529. The summed E-state index contributed by atoms with van der Waals surface area (Å²) >= 11 is 0. The van der Waals surface area contributed by atoms with Gasteiger partial charge in [0.25, 0.3) is 0 Å². The molecule has 0 aliphatic carbocycles. The average Bonchev–Trinajstić information content (AvgIpc) is 3.16. The molecule has 0 radical (unpaired) electrons. The zero-order valence-electron chi connectivity index (χ0n) is 15.6. The van der Waals surface area contributed by atoms with Crippen LogP contribution in [0.1, 0.15) is 32.6 Å². The molecule has 0 saturated carbocycles. The van der Waals surface area contributed by atoms with E-state index >= 15 is 0 Å². The van der Waals surface area contributed by atoms with E-state index in [1.165, 1.54) is 31.4 Å². The summed E-state index contributed by atoms with van der Waals surface area (Å²) in [6, 6.07) is 10.6. The Hall–Kier alpha value is -1.95. The third-order valence-electron chi connectivity index (χ3n) is 5.20. The van der Waals surface area contributed by atoms with E-state index in [0.29, 0.717) is 6.98 Å². The SMILES string of the molecule is CCCCCCN1B(C)N(c2ccccc2)CN(c2ncn[nH]2)B1C. The van der Waals surface area contributed by atoms with Crippen LogP contribution in [0.4, 0.5) is 11.6 Å². The summed E-state index contributed by atoms with van der Waals surface area (Å²) in [6.45, 7) is 9.35. The van der Waals surface area contributed by atoms with E-state index < -0.39 is 0 Å². The predicted octanol–water partition coefficient (Wildman–Crippen LogP) is 3.21. The molecule has 6 nitrogen and oxygen atoms in total. The first-order valence-corrected chi connectivity index (χ1v) is 9.41. The number of nitrogens with zero attached hydrogens (tertiary/aromatic N) is 5. The molecule has 1 aromatic heterocycles. The van der Waals surface area contributed by atoms with Gasteiger partial charge in [-0.25, -0.2) is 10.1 Å². The molecule has 2 heterocycles. The predicted molar refractivity (Wildman–Crippen MR) is 107 cm³/mol. The molecule has 1 aromatic carbocycles. The van der Waals surface area contributed by atoms with E-state index in [1.54, 1.807) is 6.33 Å². The van der Waals surface area contributed by atoms with Gasteiger partial charge in [0, 0.05) is 5.69 Å². The Morgan fingerprint density at radius 1 is 1.04 bits per heavy atom. The van der Waals surface area contributed by atoms with Crippen LogP contribution in [0.25, 0.3) is 0 Å². The standard InChI is InChI=1S/C17H28B2N6/c1-4-5-6-10-13-25-18(2)23(16-11-8-7-9-12-16)15-24(19(25)3)17-20-14-21-22-17/h7-9,11-12,14H,4-6,10,13,15H2,1-3H3,(H,20,21,22). The van der Waals surface area contributed by atoms with Crippen LogP contribution in [0.15, 0.2) is 36.7 Å². The number of aromatic nitrogens is 3. The van der Waals surface area contributed by atoms with Crippen LogP contribution < -0.4 is 9.62 Å². The van der Waals surface area contributed by atoms with E-state index in [1.807, 2.05) is 0 Å². The number of unbranched alkanes of at least 4 members (excludes halogenated alkanes) is 3. The average molecular weight is 338 g/mol. The first-order chi connectivity index (χ1) is 12.2. The van der Waals surface area contributed by atoms with Crippen molar-refractivity contribution >= 4 is 25.6 Å². The summed E-state index contributed by atoms with van der Waals surface area (Å²) < 4.78 is 2.56. The Bertz CT molecular complexity index is 623. The molecule has 0 spiro atoms. The number of nitrogens with one attached hydrogen (secondary N) is 1. The molecular weight excluding hydrogens is 310 g/mol. The monoisotopic (exact) mass is 338 g/mol. The number of benzene rings is 1. The van der Waals surface area contributed by atoms with E-state index in [9.17, 15) is 0 Å². The van der Waals surface area contributed by atoms with Gasteiger partial charge in [0.15, 0.2) is 0 Å². The molecule has 2 aromatic rings. The third-order valence-corrected chi connectivity index (χ3v) is 5.20. The zero-order valence-corrected chi connectivity index (χ0v) is 15.6. The lowest BCUT2D eigenvalue weighted by atomic mass is 9.57. The summed E-state index contributed by atoms with van der Waals surface area (Å²) in [5.74, 6) is 0.832. The first kappa shape index (κ1) is 17.9. The molecule has 1 saturated heterocycles. The fourth-order valence-electron chi connectivity index (χ4n) is 3.66. The molecule has 0 bridgehead atoms. The van der Waals surface area contributed by atoms with Crippen molar-refractivity contribution in [3.63, 3.8) is 0 Å². The van der Waals surface area contributed by atoms with Crippen molar-refractivity contribution in [1.82, 2.24) is 19.9 Å². The van der Waals surface area contributed by atoms with Crippen LogP contribution in [-0.4, -0.2) is 47.1 Å². The van der Waals surface area contributed by atoms with Gasteiger partial charge in [0.05, 0.1) is 6.67 Å². The Labute approximate surface area is 151 Å². The molecule has 1 fully saturated rings. The summed E-state index contributed by atoms with van der Waals surface area (Å²) in [4.78, 5) is 9.12. The second kappa shape index (κ2) is 8.43. The van der Waals surface area contributed by atoms with E-state index in [2.05, 4.69) is 80.4 Å². The molecule has 3 rings (SSSR count). The summed E-state index contributed by atoms with van der Waals surface area (Å²) in [5.41, 5.74) is 1.24. The fourth-order valence-corrected chi connectivity index (χ4v) is 3.66. The second-order valence-electron chi connectivity index (χ2n) is 6.79. The summed E-state index contributed by atoms with van der Waals surface area (Å²) in [7, 11) is 0. The van der Waals surface area contributed by atoms with Crippen molar-refractivity contribution in [2.45, 2.75) is 46.3 Å². The molecular formula is C17H28B2N6. The van der Waals surface area contributed by atoms with Gasteiger partial charge in [-0.2, -0.15) is 5.10 Å². The zero-order chi connectivity index (χ0) is 17.6. The van der Waals surface area contributed by atoms with Crippen LogP contribution in [-0.2, 0) is 0 Å². The number of H-pyrrole nitrogens is 1. The molecule has 0 amide bonds. The lowest BCUT2D eigenvalue weighted by Crippen LogP contribution is -2.70. The Morgan fingerprint density at radius 3 is 2.48 bits per heavy atom. The number of para-hydroxylation sites is 1. The Kier molecular flexibility index (Phi) is 6.02. The van der Waals surface area contributed by atoms with Gasteiger partial charge in [-0.3, -0.25) is 0 Å². The van der Waals surface area contributed by atoms with Gasteiger partial charge in [0.2, 0.25) is 5.95 Å². The lowest BCUT2D eigenvalue weighted by Gasteiger charge is -2.49. The minimum atomic E-state index is 0.282. The van der Waals surface area contributed by atoms with Crippen LogP contribution in [0.3, 0.4) is 0 Å². The maximum Gasteiger partial charge on any atom is 0.333 e. The van der Waals surface area contributed by atoms with Crippen molar-refractivity contribution in [1.29, 1.82) is 0 Å². The highest BCUT2D eigenvalue weighted by Crippen LogP contribution is 2.25. The number of hydrogen-bond donors (Lipinski definition) is 1. The third kappa shape index (κ3) is 4.00. The van der Waals surface area contributed by atoms with Gasteiger partial charge in [0.1, 0.15) is 6.33 Å². The highest BCUT2D eigenvalue weighted by atomic mass is 15.4. The van der Waals surface area contributed by atoms with Crippen LogP contribution in [0.2, 0.25) is 13.6 Å². The molecule has 8 heteroatoms. The molecule has 25 heavy (non-hydrogen) atoms. The maximum absolute atomic E-state index is 4.39. The van der Waals surface area contributed by atoms with E-state index in [-0.39, 0.29) is 6.98 Å². The lowest BCUT2D eigenvalue weighted by molar-refractivity contribution is 0.544. The number of anilines is 2. The van der Waals surface area contributed by atoms with Crippen molar-refractivity contribution in [3.05, 3.63) is 36.7 Å². The minimum absolute atomic E-state index is 0.282. The number of aromatic amines is 1. The van der Waals surface area contributed by atoms with E-state index in [4.69, 9.17) is 0 Å². The van der Waals surface area contributed by atoms with E-state index in [0.717, 1.165) is 19.2 Å². The maximum atomic E-state index is 4.39. The Balaban J connectivity index is 1.81. The topological polar surface area (TPSA) is 51.3 Å². The summed E-state index contributed by atoms with van der Waals surface area (Å²) in [6.07, 6.45) is 6.68. The van der Waals surface area contributed by atoms with Gasteiger partial charge >= 0.3 is 14.0 Å². The molecule has 132 valence electrons. The van der Waals surface area contributed by atoms with Crippen molar-refractivity contribution in [3.8, 4) is 0 Å². The van der Waals surface area contributed by atoms with Gasteiger partial charge in [-0.05, 0) is 25.1 Å². The minimum Gasteiger partial charge on any atom is -0.386 e. The van der Waals surface area contributed by atoms with Crippen LogP contribution in [0.5, 0.6) is 0 Å². The molecule has 0 unspecified atom stereocenters. The molecule has 1 aliphatic heterocycles. The normalized spacial score (nSPS) is 16.0. The molecule has 1 N–H and O–H groups in total. The summed E-state index contributed by atoms with van der Waals surface area (Å²) in [5, 5.41) is 7.08.